The maximum absolute atomic E-state index is 12.3. The minimum Gasteiger partial charge on any atom is -0.492 e. The molecule has 1 aromatic rings. The fraction of sp³-hybridized carbons (Fsp3) is 0.385. The number of nitrogens with two attached hydrogens (primary N) is 2. The second kappa shape index (κ2) is 5.67. The standard InChI is InChI=1S/C13H16N4O4S/c14-3-4-20-7-1-2-8-9(5-7)10-6-16(11(8)12(15)18)13(19)17(10)21-22/h1-2,5,10-11,22H,3-4,6,14H2,(H2,15,18). The highest BCUT2D eigenvalue weighted by Gasteiger charge is 2.50. The lowest BCUT2D eigenvalue weighted by molar-refractivity contribution is -0.122. The first-order valence-electron chi connectivity index (χ1n) is 6.76. The molecular formula is C13H16N4O4S. The summed E-state index contributed by atoms with van der Waals surface area (Å²) in [5.41, 5.74) is 12.3. The van der Waals surface area contributed by atoms with Crippen LogP contribution in [0.25, 0.3) is 0 Å². The van der Waals surface area contributed by atoms with E-state index in [2.05, 4.69) is 12.9 Å². The summed E-state index contributed by atoms with van der Waals surface area (Å²) in [6, 6.07) is 3.62. The van der Waals surface area contributed by atoms with Crippen LogP contribution in [0.2, 0.25) is 0 Å². The molecule has 1 fully saturated rings. The van der Waals surface area contributed by atoms with E-state index in [4.69, 9.17) is 20.5 Å². The average Bonchev–Trinajstić information content (AvgIpc) is 2.78. The number of urea groups is 1. The molecule has 4 N–H and O–H groups in total. The summed E-state index contributed by atoms with van der Waals surface area (Å²) in [6.45, 7) is 1.07. The van der Waals surface area contributed by atoms with Gasteiger partial charge in [0.1, 0.15) is 24.4 Å². The zero-order chi connectivity index (χ0) is 15.9. The monoisotopic (exact) mass is 324 g/mol. The SMILES string of the molecule is NCCOc1ccc2c(c1)C1CN(C(=O)N1OS)C2C(N)=O. The van der Waals surface area contributed by atoms with Gasteiger partial charge in [-0.15, -0.1) is 0 Å². The topological polar surface area (TPSA) is 111 Å². The molecule has 2 unspecified atom stereocenters. The van der Waals surface area contributed by atoms with Crippen LogP contribution in [0.15, 0.2) is 18.2 Å². The van der Waals surface area contributed by atoms with Crippen LogP contribution in [-0.4, -0.2) is 41.6 Å². The number of fused-ring (bicyclic) bond motifs is 4. The fourth-order valence-electron chi connectivity index (χ4n) is 2.96. The number of hydrogen-bond acceptors (Lipinski definition) is 6. The predicted molar refractivity (Wildman–Crippen MR) is 79.7 cm³/mol. The van der Waals surface area contributed by atoms with E-state index in [9.17, 15) is 9.59 Å². The Labute approximate surface area is 132 Å². The van der Waals surface area contributed by atoms with E-state index in [0.29, 0.717) is 31.0 Å². The molecule has 0 saturated carbocycles. The van der Waals surface area contributed by atoms with Gasteiger partial charge in [-0.1, -0.05) is 6.07 Å². The highest BCUT2D eigenvalue weighted by atomic mass is 32.1. The minimum atomic E-state index is -0.823. The smallest absolute Gasteiger partial charge is 0.346 e. The van der Waals surface area contributed by atoms with E-state index in [0.717, 1.165) is 10.6 Å². The molecule has 0 aliphatic carbocycles. The first-order valence-corrected chi connectivity index (χ1v) is 7.12. The molecule has 118 valence electrons. The van der Waals surface area contributed by atoms with E-state index in [-0.39, 0.29) is 6.04 Å². The molecule has 2 heterocycles. The van der Waals surface area contributed by atoms with Gasteiger partial charge in [-0.2, -0.15) is 5.06 Å². The second-order valence-corrected chi connectivity index (χ2v) is 5.25. The summed E-state index contributed by atoms with van der Waals surface area (Å²) >= 11 is 3.73. The number of rotatable bonds is 5. The summed E-state index contributed by atoms with van der Waals surface area (Å²) in [4.78, 5) is 25.5. The Morgan fingerprint density at radius 1 is 1.41 bits per heavy atom. The predicted octanol–water partition coefficient (Wildman–Crippen LogP) is 0.119. The Bertz CT molecular complexity index is 626. The van der Waals surface area contributed by atoms with Gasteiger partial charge in [-0.25, -0.2) is 9.08 Å². The van der Waals surface area contributed by atoms with E-state index in [1.807, 2.05) is 0 Å². The van der Waals surface area contributed by atoms with Crippen molar-refractivity contribution in [1.82, 2.24) is 9.96 Å². The number of carbonyl (C=O) groups excluding carboxylic acids is 2. The first-order chi connectivity index (χ1) is 10.6. The van der Waals surface area contributed by atoms with Gasteiger partial charge in [0, 0.05) is 19.5 Å². The van der Waals surface area contributed by atoms with E-state index in [1.54, 1.807) is 18.2 Å². The van der Waals surface area contributed by atoms with Gasteiger partial charge in [-0.3, -0.25) is 4.79 Å². The van der Waals surface area contributed by atoms with Gasteiger partial charge < -0.3 is 21.1 Å². The van der Waals surface area contributed by atoms with Gasteiger partial charge in [0.05, 0.1) is 6.54 Å². The van der Waals surface area contributed by atoms with E-state index >= 15 is 0 Å². The molecule has 1 aromatic carbocycles. The molecule has 2 aliphatic rings. The number of amides is 3. The molecule has 0 aromatic heterocycles. The molecule has 8 nitrogen and oxygen atoms in total. The van der Waals surface area contributed by atoms with Crippen LogP contribution in [0.3, 0.4) is 0 Å². The first kappa shape index (κ1) is 14.9. The summed E-state index contributed by atoms with van der Waals surface area (Å²) in [6.07, 6.45) is 0. The van der Waals surface area contributed by atoms with Crippen molar-refractivity contribution in [3.8, 4) is 5.75 Å². The number of carbonyl (C=O) groups is 2. The second-order valence-electron chi connectivity index (χ2n) is 5.09. The lowest BCUT2D eigenvalue weighted by Gasteiger charge is -2.30. The molecule has 22 heavy (non-hydrogen) atoms. The molecule has 2 bridgehead atoms. The van der Waals surface area contributed by atoms with Gasteiger partial charge >= 0.3 is 6.03 Å². The maximum Gasteiger partial charge on any atom is 0.346 e. The Balaban J connectivity index is 2.06. The van der Waals surface area contributed by atoms with Crippen molar-refractivity contribution in [3.05, 3.63) is 29.3 Å². The molecular weight excluding hydrogens is 308 g/mol. The van der Waals surface area contributed by atoms with Gasteiger partial charge in [0.25, 0.3) is 0 Å². The fourth-order valence-corrected chi connectivity index (χ4v) is 3.15. The van der Waals surface area contributed by atoms with Crippen molar-refractivity contribution in [1.29, 1.82) is 0 Å². The number of hydroxylamine groups is 2. The molecule has 0 radical (unpaired) electrons. The third kappa shape index (κ3) is 2.18. The van der Waals surface area contributed by atoms with Crippen LogP contribution >= 0.6 is 12.9 Å². The van der Waals surface area contributed by atoms with Crippen LogP contribution in [-0.2, 0) is 9.08 Å². The molecule has 2 aliphatic heterocycles. The molecule has 0 spiro atoms. The number of thiol groups is 1. The average molecular weight is 324 g/mol. The van der Waals surface area contributed by atoms with Crippen molar-refractivity contribution >= 4 is 24.8 Å². The third-order valence-corrected chi connectivity index (χ3v) is 4.03. The summed E-state index contributed by atoms with van der Waals surface area (Å²) < 4.78 is 10.4. The Kier molecular flexibility index (Phi) is 3.85. The number of ether oxygens (including phenoxy) is 1. The van der Waals surface area contributed by atoms with Crippen molar-refractivity contribution < 1.29 is 18.6 Å². The van der Waals surface area contributed by atoms with Gasteiger partial charge in [-0.05, 0) is 23.3 Å². The summed E-state index contributed by atoms with van der Waals surface area (Å²) in [5.74, 6) is 0.0176. The van der Waals surface area contributed by atoms with Crippen LogP contribution in [0, 0.1) is 0 Å². The molecule has 9 heteroatoms. The van der Waals surface area contributed by atoms with E-state index in [1.165, 1.54) is 4.90 Å². The van der Waals surface area contributed by atoms with E-state index < -0.39 is 18.0 Å². The minimum absolute atomic E-state index is 0.306. The van der Waals surface area contributed by atoms with Crippen molar-refractivity contribution in [3.63, 3.8) is 0 Å². The van der Waals surface area contributed by atoms with Crippen LogP contribution in [0.1, 0.15) is 23.2 Å². The zero-order valence-electron chi connectivity index (χ0n) is 11.6. The maximum atomic E-state index is 12.3. The zero-order valence-corrected chi connectivity index (χ0v) is 12.5. The number of nitrogens with zero attached hydrogens (tertiary/aromatic N) is 2. The Hall–Kier alpha value is -1.97. The summed E-state index contributed by atoms with van der Waals surface area (Å²) in [5, 5.41) is 1.12. The largest absolute Gasteiger partial charge is 0.492 e. The van der Waals surface area contributed by atoms with Crippen LogP contribution in [0.4, 0.5) is 4.79 Å². The normalized spacial score (nSPS) is 22.7. The quantitative estimate of drug-likeness (QED) is 0.526. The van der Waals surface area contributed by atoms with Crippen molar-refractivity contribution in [2.45, 2.75) is 12.1 Å². The Morgan fingerprint density at radius 2 is 2.18 bits per heavy atom. The third-order valence-electron chi connectivity index (χ3n) is 3.85. The molecule has 3 rings (SSSR count). The highest BCUT2D eigenvalue weighted by molar-refractivity contribution is 7.75. The Morgan fingerprint density at radius 3 is 2.82 bits per heavy atom. The van der Waals surface area contributed by atoms with Gasteiger partial charge in [0.2, 0.25) is 5.91 Å². The number of hydrogen-bond donors (Lipinski definition) is 3. The molecule has 2 atom stereocenters. The molecule has 3 amide bonds. The van der Waals surface area contributed by atoms with Crippen LogP contribution in [0.5, 0.6) is 5.75 Å². The van der Waals surface area contributed by atoms with Crippen molar-refractivity contribution in [2.75, 3.05) is 19.7 Å². The van der Waals surface area contributed by atoms with Gasteiger partial charge in [0.15, 0.2) is 0 Å². The van der Waals surface area contributed by atoms with Crippen LogP contribution < -0.4 is 16.2 Å². The van der Waals surface area contributed by atoms with Crippen molar-refractivity contribution in [2.24, 2.45) is 11.5 Å². The summed E-state index contributed by atoms with van der Waals surface area (Å²) in [7, 11) is 0. The number of benzene rings is 1. The highest BCUT2D eigenvalue weighted by Crippen LogP contribution is 2.45. The molecule has 1 saturated heterocycles. The number of primary amides is 1. The lowest BCUT2D eigenvalue weighted by Crippen LogP contribution is -2.41. The lowest BCUT2D eigenvalue weighted by atomic mass is 9.90.